The molecule has 7 nitrogen and oxygen atoms in total. The molecule has 4 aromatic rings. The molecule has 3 heterocycles. The Morgan fingerprint density at radius 3 is 2.40 bits per heavy atom. The van der Waals surface area contributed by atoms with Crippen LogP contribution in [-0.2, 0) is 0 Å². The molecule has 2 aliphatic heterocycles. The fraction of sp³-hybridized carbons (Fsp3) is 0.462. The van der Waals surface area contributed by atoms with Crippen molar-refractivity contribution in [2.75, 3.05) is 46.4 Å². The van der Waals surface area contributed by atoms with Gasteiger partial charge in [0.15, 0.2) is 17.3 Å². The van der Waals surface area contributed by atoms with Gasteiger partial charge in [0.25, 0.3) is 0 Å². The smallest absolute Gasteiger partial charge is 0.195 e. The molecular formula is C39H46N2O5S. The van der Waals surface area contributed by atoms with E-state index in [4.69, 9.17) is 14.2 Å². The van der Waals surface area contributed by atoms with Crippen LogP contribution in [0.2, 0.25) is 0 Å². The van der Waals surface area contributed by atoms with Crippen LogP contribution < -0.4 is 14.2 Å². The molecule has 7 rings (SSSR count). The first-order valence-corrected chi connectivity index (χ1v) is 18.2. The Morgan fingerprint density at radius 2 is 1.62 bits per heavy atom. The molecule has 8 heteroatoms. The van der Waals surface area contributed by atoms with E-state index in [1.54, 1.807) is 19.2 Å². The summed E-state index contributed by atoms with van der Waals surface area (Å²) in [6.45, 7) is 6.21. The van der Waals surface area contributed by atoms with Crippen molar-refractivity contribution in [1.29, 1.82) is 0 Å². The lowest BCUT2D eigenvalue weighted by molar-refractivity contribution is 0.0248. The maximum absolute atomic E-state index is 14.4. The number of methoxy groups -OCH3 is 1. The summed E-state index contributed by atoms with van der Waals surface area (Å²) in [6.07, 6.45) is 11.1. The topological polar surface area (TPSA) is 71.5 Å². The van der Waals surface area contributed by atoms with Crippen LogP contribution in [0.5, 0.6) is 23.0 Å². The highest BCUT2D eigenvalue weighted by Crippen LogP contribution is 2.42. The monoisotopic (exact) mass is 654 g/mol. The molecule has 0 amide bonds. The lowest BCUT2D eigenvalue weighted by Gasteiger charge is -2.41. The van der Waals surface area contributed by atoms with E-state index in [1.165, 1.54) is 62.7 Å². The lowest BCUT2D eigenvalue weighted by atomic mass is 9.90. The third kappa shape index (κ3) is 7.15. The number of rotatable bonds is 11. The Labute approximate surface area is 282 Å². The molecule has 2 saturated heterocycles. The third-order valence-corrected chi connectivity index (χ3v) is 11.3. The van der Waals surface area contributed by atoms with Crippen molar-refractivity contribution < 1.29 is 24.1 Å². The van der Waals surface area contributed by atoms with Crippen LogP contribution >= 0.6 is 11.3 Å². The summed E-state index contributed by atoms with van der Waals surface area (Å²) in [5, 5.41) is 11.1. The Kier molecular flexibility index (Phi) is 9.98. The van der Waals surface area contributed by atoms with Crippen LogP contribution in [0.1, 0.15) is 73.7 Å². The molecule has 0 unspecified atom stereocenters. The van der Waals surface area contributed by atoms with Gasteiger partial charge in [-0.25, -0.2) is 0 Å². The number of thiophene rings is 1. The van der Waals surface area contributed by atoms with Gasteiger partial charge in [0.2, 0.25) is 0 Å². The number of ketones is 1. The molecule has 47 heavy (non-hydrogen) atoms. The number of likely N-dealkylation sites (tertiary alicyclic amines) is 2. The first-order valence-electron chi connectivity index (χ1n) is 17.4. The van der Waals surface area contributed by atoms with Crippen molar-refractivity contribution in [1.82, 2.24) is 9.80 Å². The summed E-state index contributed by atoms with van der Waals surface area (Å²) < 4.78 is 19.4. The summed E-state index contributed by atoms with van der Waals surface area (Å²) in [5.74, 6) is 2.18. The number of ether oxygens (including phenoxy) is 3. The second-order valence-corrected chi connectivity index (χ2v) is 14.3. The Balaban J connectivity index is 1.14. The van der Waals surface area contributed by atoms with E-state index < -0.39 is 0 Å². The number of hydrogen-bond acceptors (Lipinski definition) is 8. The van der Waals surface area contributed by atoms with Crippen molar-refractivity contribution in [2.45, 2.75) is 69.9 Å². The fourth-order valence-electron chi connectivity index (χ4n) is 7.61. The second kappa shape index (κ2) is 14.7. The quantitative estimate of drug-likeness (QED) is 0.164. The minimum Gasteiger partial charge on any atom is -0.508 e. The number of hydrogen-bond donors (Lipinski definition) is 1. The second-order valence-electron chi connectivity index (χ2n) is 13.2. The summed E-state index contributed by atoms with van der Waals surface area (Å²) in [4.78, 5) is 20.3. The molecule has 3 aliphatic rings. The highest BCUT2D eigenvalue weighted by atomic mass is 32.1. The molecule has 1 aliphatic carbocycles. The predicted octanol–water partition coefficient (Wildman–Crippen LogP) is 8.16. The van der Waals surface area contributed by atoms with Crippen molar-refractivity contribution in [3.05, 3.63) is 71.8 Å². The van der Waals surface area contributed by atoms with Gasteiger partial charge in [-0.2, -0.15) is 0 Å². The van der Waals surface area contributed by atoms with Crippen molar-refractivity contribution in [3.8, 4) is 33.4 Å². The van der Waals surface area contributed by atoms with E-state index in [1.807, 2.05) is 48.5 Å². The number of fused-ring (bicyclic) bond motifs is 1. The molecular weight excluding hydrogens is 609 g/mol. The van der Waals surface area contributed by atoms with E-state index >= 15 is 0 Å². The van der Waals surface area contributed by atoms with E-state index in [2.05, 4.69) is 9.80 Å². The summed E-state index contributed by atoms with van der Waals surface area (Å²) >= 11 is 1.52. The minimum absolute atomic E-state index is 0.0865. The zero-order chi connectivity index (χ0) is 32.2. The van der Waals surface area contributed by atoms with Crippen molar-refractivity contribution in [2.24, 2.45) is 0 Å². The molecule has 1 N–H and O–H groups in total. The summed E-state index contributed by atoms with van der Waals surface area (Å²) in [7, 11) is 1.64. The van der Waals surface area contributed by atoms with Crippen LogP contribution in [0.25, 0.3) is 20.5 Å². The number of piperidine rings is 1. The van der Waals surface area contributed by atoms with Gasteiger partial charge in [0, 0.05) is 38.7 Å². The number of aromatic hydroxyl groups is 1. The molecule has 248 valence electrons. The Bertz CT molecular complexity index is 1670. The molecule has 3 fully saturated rings. The SMILES string of the molecule is COc1cc(C(=O)c2c(-c3ccc(OCCN4CCCC4)cc3)sc3cc(O)ccc23)ccc1O[C@H]1CCCC[C@@H]1N1CCCCC1. The van der Waals surface area contributed by atoms with Crippen molar-refractivity contribution in [3.63, 3.8) is 0 Å². The molecule has 1 aromatic heterocycles. The molecule has 0 spiro atoms. The zero-order valence-electron chi connectivity index (χ0n) is 27.4. The number of benzene rings is 3. The highest BCUT2D eigenvalue weighted by Gasteiger charge is 2.33. The number of carbonyl (C=O) groups excluding carboxylic acids is 1. The first-order chi connectivity index (χ1) is 23.1. The van der Waals surface area contributed by atoms with E-state index in [0.717, 1.165) is 65.4 Å². The standard InChI is InChI=1S/C39H46N2O5S/c1-44-35-25-28(13-18-34(35)46-33-10-4-3-9-32(33)41-21-5-2-6-22-41)38(43)37-31-17-14-29(42)26-36(31)47-39(37)27-11-15-30(16-12-27)45-24-23-40-19-7-8-20-40/h11-18,25-26,32-33,42H,2-10,19-24H2,1H3/t32-,33-/m0/s1. The molecule has 1 saturated carbocycles. The number of phenolic OH excluding ortho intramolecular Hbond substituents is 1. The van der Waals surface area contributed by atoms with Crippen LogP contribution in [0.3, 0.4) is 0 Å². The minimum atomic E-state index is -0.0865. The average molecular weight is 655 g/mol. The summed E-state index contributed by atoms with van der Waals surface area (Å²) in [6, 6.07) is 19.2. The maximum atomic E-state index is 14.4. The van der Waals surface area contributed by atoms with Crippen molar-refractivity contribution >= 4 is 27.2 Å². The van der Waals surface area contributed by atoms with Gasteiger partial charge >= 0.3 is 0 Å². The van der Waals surface area contributed by atoms with Crippen LogP contribution in [-0.4, -0.2) is 79.3 Å². The normalized spacial score (nSPS) is 20.8. The summed E-state index contributed by atoms with van der Waals surface area (Å²) in [5.41, 5.74) is 2.11. The first kappa shape index (κ1) is 32.0. The van der Waals surface area contributed by atoms with E-state index in [0.29, 0.717) is 35.3 Å². The van der Waals surface area contributed by atoms with E-state index in [-0.39, 0.29) is 17.6 Å². The molecule has 0 bridgehead atoms. The zero-order valence-corrected chi connectivity index (χ0v) is 28.2. The molecule has 3 aromatic carbocycles. The largest absolute Gasteiger partial charge is 0.508 e. The molecule has 0 radical (unpaired) electrons. The lowest BCUT2D eigenvalue weighted by Crippen LogP contribution is -2.49. The average Bonchev–Trinajstić information content (AvgIpc) is 3.77. The van der Waals surface area contributed by atoms with Crippen LogP contribution in [0.4, 0.5) is 0 Å². The van der Waals surface area contributed by atoms with Gasteiger partial charge in [0.1, 0.15) is 24.2 Å². The van der Waals surface area contributed by atoms with Gasteiger partial charge in [-0.1, -0.05) is 12.8 Å². The van der Waals surface area contributed by atoms with Gasteiger partial charge in [-0.3, -0.25) is 14.6 Å². The van der Waals surface area contributed by atoms with Crippen LogP contribution in [0, 0.1) is 0 Å². The predicted molar refractivity (Wildman–Crippen MR) is 189 cm³/mol. The van der Waals surface area contributed by atoms with Gasteiger partial charge < -0.3 is 19.3 Å². The Morgan fingerprint density at radius 1 is 0.851 bits per heavy atom. The highest BCUT2D eigenvalue weighted by molar-refractivity contribution is 7.22. The third-order valence-electron chi connectivity index (χ3n) is 10.1. The van der Waals surface area contributed by atoms with Gasteiger partial charge in [0.05, 0.1) is 7.11 Å². The molecule has 2 atom stereocenters. The fourth-order valence-corrected chi connectivity index (χ4v) is 8.85. The van der Waals surface area contributed by atoms with Crippen LogP contribution in [0.15, 0.2) is 60.7 Å². The number of carbonyl (C=O) groups is 1. The number of phenols is 1. The van der Waals surface area contributed by atoms with Gasteiger partial charge in [-0.05, 0) is 137 Å². The Hall–Kier alpha value is -3.59. The number of nitrogens with zero attached hydrogens (tertiary/aromatic N) is 2. The van der Waals surface area contributed by atoms with Gasteiger partial charge in [-0.15, -0.1) is 11.3 Å². The van der Waals surface area contributed by atoms with E-state index in [9.17, 15) is 9.90 Å². The maximum Gasteiger partial charge on any atom is 0.195 e.